The SMILES string of the molecule is CCC1(C)CC(=O)CC(C)(C)C1. The molecular formula is C11H20O. The minimum Gasteiger partial charge on any atom is -0.300 e. The maximum Gasteiger partial charge on any atom is 0.133 e. The smallest absolute Gasteiger partial charge is 0.133 e. The number of carbonyl (C=O) groups is 1. The topological polar surface area (TPSA) is 17.1 Å². The quantitative estimate of drug-likeness (QED) is 0.587. The highest BCUT2D eigenvalue weighted by Crippen LogP contribution is 2.45. The molecule has 1 aliphatic carbocycles. The first-order valence-corrected chi connectivity index (χ1v) is 4.89. The summed E-state index contributed by atoms with van der Waals surface area (Å²) in [6, 6.07) is 0. The molecule has 0 aromatic rings. The van der Waals surface area contributed by atoms with Crippen molar-refractivity contribution in [2.45, 2.75) is 53.4 Å². The standard InChI is InChI=1S/C11H20O/c1-5-11(4)7-9(12)6-10(2,3)8-11/h5-8H2,1-4H3. The third-order valence-corrected chi connectivity index (χ3v) is 3.06. The first-order chi connectivity index (χ1) is 5.37. The number of Topliss-reactive ketones (excluding diaryl/α,β-unsaturated/α-hetero) is 1. The molecule has 1 nitrogen and oxygen atoms in total. The Morgan fingerprint density at radius 2 is 1.83 bits per heavy atom. The lowest BCUT2D eigenvalue weighted by atomic mass is 9.63. The van der Waals surface area contributed by atoms with Gasteiger partial charge in [0.15, 0.2) is 0 Å². The minimum atomic E-state index is 0.236. The largest absolute Gasteiger partial charge is 0.300 e. The monoisotopic (exact) mass is 168 g/mol. The van der Waals surface area contributed by atoms with E-state index >= 15 is 0 Å². The Morgan fingerprint density at radius 1 is 1.25 bits per heavy atom. The summed E-state index contributed by atoms with van der Waals surface area (Å²) in [7, 11) is 0. The molecule has 12 heavy (non-hydrogen) atoms. The van der Waals surface area contributed by atoms with Gasteiger partial charge in [-0.3, -0.25) is 4.79 Å². The average Bonchev–Trinajstić information content (AvgIpc) is 1.82. The van der Waals surface area contributed by atoms with Gasteiger partial charge in [-0.15, -0.1) is 0 Å². The van der Waals surface area contributed by atoms with Crippen LogP contribution in [0.4, 0.5) is 0 Å². The molecule has 1 atom stereocenters. The Balaban J connectivity index is 2.76. The Kier molecular flexibility index (Phi) is 2.33. The van der Waals surface area contributed by atoms with Gasteiger partial charge in [0.2, 0.25) is 0 Å². The first kappa shape index (κ1) is 9.76. The van der Waals surface area contributed by atoms with Crippen LogP contribution in [0.3, 0.4) is 0 Å². The number of rotatable bonds is 1. The lowest BCUT2D eigenvalue weighted by Gasteiger charge is -2.41. The van der Waals surface area contributed by atoms with Crippen molar-refractivity contribution in [3.63, 3.8) is 0 Å². The summed E-state index contributed by atoms with van der Waals surface area (Å²) in [5.74, 6) is 0.454. The van der Waals surface area contributed by atoms with E-state index in [1.165, 1.54) is 6.42 Å². The molecule has 1 rings (SSSR count). The van der Waals surface area contributed by atoms with Crippen molar-refractivity contribution in [1.29, 1.82) is 0 Å². The highest BCUT2D eigenvalue weighted by Gasteiger charge is 2.39. The van der Waals surface area contributed by atoms with Crippen molar-refractivity contribution in [2.75, 3.05) is 0 Å². The highest BCUT2D eigenvalue weighted by molar-refractivity contribution is 5.80. The number of hydrogen-bond acceptors (Lipinski definition) is 1. The van der Waals surface area contributed by atoms with Crippen molar-refractivity contribution < 1.29 is 4.79 Å². The molecule has 1 saturated carbocycles. The second-order valence-electron chi connectivity index (χ2n) is 5.40. The van der Waals surface area contributed by atoms with Crippen molar-refractivity contribution in [1.82, 2.24) is 0 Å². The maximum absolute atomic E-state index is 11.5. The van der Waals surface area contributed by atoms with Crippen LogP contribution in [0, 0.1) is 10.8 Å². The molecule has 70 valence electrons. The molecule has 0 aromatic heterocycles. The Morgan fingerprint density at radius 3 is 2.25 bits per heavy atom. The second-order valence-corrected chi connectivity index (χ2v) is 5.40. The predicted molar refractivity (Wildman–Crippen MR) is 51.0 cm³/mol. The summed E-state index contributed by atoms with van der Waals surface area (Å²) < 4.78 is 0. The van der Waals surface area contributed by atoms with Gasteiger partial charge in [0, 0.05) is 12.8 Å². The molecule has 1 heteroatoms. The summed E-state index contributed by atoms with van der Waals surface area (Å²) in [6.07, 6.45) is 3.90. The van der Waals surface area contributed by atoms with E-state index < -0.39 is 0 Å². The summed E-state index contributed by atoms with van der Waals surface area (Å²) in [6.45, 7) is 8.84. The molecule has 1 unspecified atom stereocenters. The molecule has 1 aliphatic rings. The zero-order valence-electron chi connectivity index (χ0n) is 8.74. The molecule has 0 N–H and O–H groups in total. The molecule has 0 spiro atoms. The summed E-state index contributed by atoms with van der Waals surface area (Å²) in [4.78, 5) is 11.5. The number of ketones is 1. The van der Waals surface area contributed by atoms with Crippen LogP contribution in [0.2, 0.25) is 0 Å². The van der Waals surface area contributed by atoms with Crippen LogP contribution < -0.4 is 0 Å². The zero-order chi connectivity index (χ0) is 9.41. The van der Waals surface area contributed by atoms with E-state index in [9.17, 15) is 4.79 Å². The van der Waals surface area contributed by atoms with E-state index in [1.54, 1.807) is 0 Å². The van der Waals surface area contributed by atoms with Crippen LogP contribution in [-0.4, -0.2) is 5.78 Å². The molecule has 0 amide bonds. The first-order valence-electron chi connectivity index (χ1n) is 4.89. The van der Waals surface area contributed by atoms with Gasteiger partial charge in [-0.1, -0.05) is 34.1 Å². The fourth-order valence-corrected chi connectivity index (χ4v) is 2.60. The third kappa shape index (κ3) is 2.09. The normalized spacial score (nSPS) is 35.2. The second kappa shape index (κ2) is 2.86. The summed E-state index contributed by atoms with van der Waals surface area (Å²) >= 11 is 0. The van der Waals surface area contributed by atoms with Crippen molar-refractivity contribution in [3.05, 3.63) is 0 Å². The van der Waals surface area contributed by atoms with Crippen LogP contribution in [-0.2, 0) is 4.79 Å². The fraction of sp³-hybridized carbons (Fsp3) is 0.909. The minimum absolute atomic E-state index is 0.236. The van der Waals surface area contributed by atoms with E-state index in [-0.39, 0.29) is 10.8 Å². The lowest BCUT2D eigenvalue weighted by molar-refractivity contribution is -0.127. The van der Waals surface area contributed by atoms with Gasteiger partial charge in [0.1, 0.15) is 5.78 Å². The van der Waals surface area contributed by atoms with Crippen LogP contribution in [0.1, 0.15) is 53.4 Å². The highest BCUT2D eigenvalue weighted by atomic mass is 16.1. The lowest BCUT2D eigenvalue weighted by Crippen LogP contribution is -2.35. The number of carbonyl (C=O) groups excluding carboxylic acids is 1. The maximum atomic E-state index is 11.5. The van der Waals surface area contributed by atoms with E-state index in [0.29, 0.717) is 5.78 Å². The molecule has 1 fully saturated rings. The van der Waals surface area contributed by atoms with Crippen molar-refractivity contribution in [3.8, 4) is 0 Å². The van der Waals surface area contributed by atoms with Crippen molar-refractivity contribution >= 4 is 5.78 Å². The van der Waals surface area contributed by atoms with Gasteiger partial charge in [0.05, 0.1) is 0 Å². The van der Waals surface area contributed by atoms with Gasteiger partial charge in [0.25, 0.3) is 0 Å². The van der Waals surface area contributed by atoms with Crippen LogP contribution >= 0.6 is 0 Å². The molecular weight excluding hydrogens is 148 g/mol. The molecule has 0 aliphatic heterocycles. The van der Waals surface area contributed by atoms with E-state index in [4.69, 9.17) is 0 Å². The molecule has 0 aromatic carbocycles. The number of hydrogen-bond donors (Lipinski definition) is 0. The Labute approximate surface area is 75.5 Å². The van der Waals surface area contributed by atoms with Gasteiger partial charge >= 0.3 is 0 Å². The van der Waals surface area contributed by atoms with E-state index in [2.05, 4.69) is 27.7 Å². The van der Waals surface area contributed by atoms with Crippen LogP contribution in [0.25, 0.3) is 0 Å². The average molecular weight is 168 g/mol. The Bertz CT molecular complexity index is 193. The molecule has 0 saturated heterocycles. The molecule has 0 bridgehead atoms. The van der Waals surface area contributed by atoms with Gasteiger partial charge < -0.3 is 0 Å². The summed E-state index contributed by atoms with van der Waals surface area (Å²) in [5.41, 5.74) is 0.513. The third-order valence-electron chi connectivity index (χ3n) is 3.06. The van der Waals surface area contributed by atoms with Crippen LogP contribution in [0.15, 0.2) is 0 Å². The van der Waals surface area contributed by atoms with Gasteiger partial charge in [-0.05, 0) is 17.3 Å². The van der Waals surface area contributed by atoms with E-state index in [1.807, 2.05) is 0 Å². The molecule has 0 radical (unpaired) electrons. The van der Waals surface area contributed by atoms with Gasteiger partial charge in [-0.2, -0.15) is 0 Å². The predicted octanol–water partition coefficient (Wildman–Crippen LogP) is 3.18. The Hall–Kier alpha value is -0.330. The molecule has 0 heterocycles. The van der Waals surface area contributed by atoms with Gasteiger partial charge in [-0.25, -0.2) is 0 Å². The summed E-state index contributed by atoms with van der Waals surface area (Å²) in [5, 5.41) is 0. The fourth-order valence-electron chi connectivity index (χ4n) is 2.60. The zero-order valence-corrected chi connectivity index (χ0v) is 8.74. The van der Waals surface area contributed by atoms with Crippen LogP contribution in [0.5, 0.6) is 0 Å². The van der Waals surface area contributed by atoms with E-state index in [0.717, 1.165) is 19.3 Å². The van der Waals surface area contributed by atoms with Crippen molar-refractivity contribution in [2.24, 2.45) is 10.8 Å².